The Balaban J connectivity index is 1.57. The summed E-state index contributed by atoms with van der Waals surface area (Å²) in [5.74, 6) is 1.06. The summed E-state index contributed by atoms with van der Waals surface area (Å²) >= 11 is 0. The molecule has 2 fully saturated rings. The number of nitrogens with one attached hydrogen (secondary N) is 2. The fourth-order valence-electron chi connectivity index (χ4n) is 5.83. The first-order valence-electron chi connectivity index (χ1n) is 9.89. The molecule has 5 N–H and O–H groups in total. The Bertz CT molecular complexity index is 845. The molecule has 2 aromatic carbocycles. The van der Waals surface area contributed by atoms with E-state index in [1.54, 1.807) is 0 Å². The second-order valence-electron chi connectivity index (χ2n) is 8.26. The van der Waals surface area contributed by atoms with E-state index in [2.05, 4.69) is 22.8 Å². The third-order valence-corrected chi connectivity index (χ3v) is 6.99. The third kappa shape index (κ3) is 2.32. The van der Waals surface area contributed by atoms with Gasteiger partial charge in [0.2, 0.25) is 0 Å². The number of piperidine rings is 1. The molecule has 1 heterocycles. The van der Waals surface area contributed by atoms with Gasteiger partial charge in [0.05, 0.1) is 17.1 Å². The highest BCUT2D eigenvalue weighted by atomic mass is 16.3. The first-order valence-corrected chi connectivity index (χ1v) is 9.89. The van der Waals surface area contributed by atoms with Crippen LogP contribution in [0.2, 0.25) is 0 Å². The fraction of sp³-hybridized carbons (Fsp3) is 0.455. The molecule has 0 spiro atoms. The number of benzene rings is 2. The summed E-state index contributed by atoms with van der Waals surface area (Å²) in [5, 5.41) is 17.9. The number of rotatable bonds is 2. The van der Waals surface area contributed by atoms with Gasteiger partial charge in [0.15, 0.2) is 0 Å². The number of anilines is 3. The summed E-state index contributed by atoms with van der Waals surface area (Å²) in [6.45, 7) is 1.10. The second kappa shape index (κ2) is 5.92. The van der Waals surface area contributed by atoms with Crippen LogP contribution >= 0.6 is 0 Å². The average Bonchev–Trinajstić information content (AvgIpc) is 2.65. The van der Waals surface area contributed by atoms with Gasteiger partial charge in [-0.2, -0.15) is 0 Å². The lowest BCUT2D eigenvalue weighted by molar-refractivity contribution is 0.0796. The first kappa shape index (κ1) is 16.0. The van der Waals surface area contributed by atoms with Crippen LogP contribution in [0.1, 0.15) is 43.2 Å². The number of nitrogens with two attached hydrogens (primary N) is 1. The summed E-state index contributed by atoms with van der Waals surface area (Å²) < 4.78 is 0. The minimum absolute atomic E-state index is 0.267. The van der Waals surface area contributed by atoms with Crippen molar-refractivity contribution in [3.63, 3.8) is 0 Å². The molecule has 0 unspecified atom stereocenters. The molecule has 3 aliphatic rings. The van der Waals surface area contributed by atoms with Gasteiger partial charge in [-0.25, -0.2) is 0 Å². The molecular weight excluding hydrogens is 322 g/mol. The first-order chi connectivity index (χ1) is 12.7. The lowest BCUT2D eigenvalue weighted by Gasteiger charge is -2.56. The van der Waals surface area contributed by atoms with Crippen LogP contribution in [0.4, 0.5) is 17.1 Å². The molecule has 136 valence electrons. The van der Waals surface area contributed by atoms with Crippen molar-refractivity contribution < 1.29 is 5.11 Å². The highest BCUT2D eigenvalue weighted by Gasteiger charge is 2.51. The molecular formula is C22H27N3O. The highest BCUT2D eigenvalue weighted by molar-refractivity contribution is 5.76. The van der Waals surface area contributed by atoms with E-state index in [9.17, 15) is 5.11 Å². The van der Waals surface area contributed by atoms with Crippen molar-refractivity contribution in [3.8, 4) is 5.75 Å². The maximum atomic E-state index is 10.8. The molecule has 2 aromatic rings. The van der Waals surface area contributed by atoms with E-state index < -0.39 is 0 Å². The zero-order valence-electron chi connectivity index (χ0n) is 15.1. The van der Waals surface area contributed by atoms with Crippen LogP contribution in [-0.4, -0.2) is 17.7 Å². The summed E-state index contributed by atoms with van der Waals surface area (Å²) in [4.78, 5) is 0. The Labute approximate surface area is 154 Å². The minimum Gasteiger partial charge on any atom is -0.506 e. The maximum absolute atomic E-state index is 10.8. The molecule has 0 aromatic heterocycles. The summed E-state index contributed by atoms with van der Waals surface area (Å²) in [6, 6.07) is 12.5. The standard InChI is InChI=1S/C22H27N3O/c23-17-6-1-2-7-18(17)25-20-12-14-11-19-15-5-3-4-8-22(15,9-10-24-19)16(14)13-21(20)26/h1-2,6-7,12-13,15,19,24-26H,3-5,8-11,23H2/t15-,19+,22+/m0/s1. The lowest BCUT2D eigenvalue weighted by atomic mass is 9.53. The highest BCUT2D eigenvalue weighted by Crippen LogP contribution is 2.55. The van der Waals surface area contributed by atoms with Crippen LogP contribution in [0.15, 0.2) is 36.4 Å². The van der Waals surface area contributed by atoms with Crippen LogP contribution in [0.5, 0.6) is 5.75 Å². The van der Waals surface area contributed by atoms with E-state index in [1.807, 2.05) is 24.3 Å². The Kier molecular flexibility index (Phi) is 3.64. The quantitative estimate of drug-likeness (QED) is 0.487. The van der Waals surface area contributed by atoms with Crippen molar-refractivity contribution in [2.24, 2.45) is 5.92 Å². The van der Waals surface area contributed by atoms with Crippen LogP contribution in [0.3, 0.4) is 0 Å². The van der Waals surface area contributed by atoms with E-state index in [-0.39, 0.29) is 5.41 Å². The van der Waals surface area contributed by atoms with E-state index >= 15 is 0 Å². The molecule has 1 aliphatic heterocycles. The monoisotopic (exact) mass is 349 g/mol. The van der Waals surface area contributed by atoms with E-state index in [0.717, 1.165) is 30.3 Å². The van der Waals surface area contributed by atoms with Crippen LogP contribution in [0.25, 0.3) is 0 Å². The topological polar surface area (TPSA) is 70.3 Å². The van der Waals surface area contributed by atoms with E-state index in [0.29, 0.717) is 17.5 Å². The van der Waals surface area contributed by atoms with Crippen molar-refractivity contribution >= 4 is 17.1 Å². The molecule has 1 saturated carbocycles. The number of phenolic OH excluding ortho intramolecular Hbond substituents is 1. The summed E-state index contributed by atoms with van der Waals surface area (Å²) in [5.41, 5.74) is 11.4. The third-order valence-electron chi connectivity index (χ3n) is 6.99. The van der Waals surface area contributed by atoms with Crippen molar-refractivity contribution in [1.82, 2.24) is 5.32 Å². The Hall–Kier alpha value is -2.20. The fourth-order valence-corrected chi connectivity index (χ4v) is 5.83. The van der Waals surface area contributed by atoms with Gasteiger partial charge >= 0.3 is 0 Å². The van der Waals surface area contributed by atoms with E-state index in [4.69, 9.17) is 5.73 Å². The molecule has 4 nitrogen and oxygen atoms in total. The normalized spacial score (nSPS) is 29.5. The molecule has 5 rings (SSSR count). The predicted molar refractivity (Wildman–Crippen MR) is 106 cm³/mol. The van der Waals surface area contributed by atoms with Crippen molar-refractivity contribution in [1.29, 1.82) is 0 Å². The lowest BCUT2D eigenvalue weighted by Crippen LogP contribution is -2.59. The Morgan fingerprint density at radius 1 is 1.12 bits per heavy atom. The van der Waals surface area contributed by atoms with Gasteiger partial charge in [-0.3, -0.25) is 0 Å². The number of hydrogen-bond donors (Lipinski definition) is 4. The zero-order chi connectivity index (χ0) is 17.7. The molecule has 4 heteroatoms. The number of para-hydroxylation sites is 2. The number of fused-ring (bicyclic) bond motifs is 1. The average molecular weight is 349 g/mol. The van der Waals surface area contributed by atoms with Gasteiger partial charge in [-0.1, -0.05) is 25.0 Å². The number of phenols is 1. The Morgan fingerprint density at radius 3 is 2.88 bits per heavy atom. The second-order valence-corrected chi connectivity index (χ2v) is 8.26. The molecule has 2 bridgehead atoms. The van der Waals surface area contributed by atoms with Gasteiger partial charge in [0.25, 0.3) is 0 Å². The van der Waals surface area contributed by atoms with Crippen molar-refractivity contribution in [3.05, 3.63) is 47.5 Å². The largest absolute Gasteiger partial charge is 0.506 e. The molecule has 0 amide bonds. The SMILES string of the molecule is Nc1ccccc1Nc1cc2c(cc1O)[C@@]13CCCC[C@H]1[C@@H](C2)NCC3. The summed E-state index contributed by atoms with van der Waals surface area (Å²) in [7, 11) is 0. The minimum atomic E-state index is 0.267. The van der Waals surface area contributed by atoms with Gasteiger partial charge in [-0.05, 0) is 73.5 Å². The smallest absolute Gasteiger partial charge is 0.139 e. The number of nitrogen functional groups attached to an aromatic ring is 1. The molecule has 2 aliphatic carbocycles. The van der Waals surface area contributed by atoms with Gasteiger partial charge in [0.1, 0.15) is 5.75 Å². The Morgan fingerprint density at radius 2 is 2.00 bits per heavy atom. The maximum Gasteiger partial charge on any atom is 0.139 e. The summed E-state index contributed by atoms with van der Waals surface area (Å²) in [6.07, 6.45) is 7.49. The zero-order valence-corrected chi connectivity index (χ0v) is 15.1. The molecule has 0 radical (unpaired) electrons. The van der Waals surface area contributed by atoms with Crippen LogP contribution in [0, 0.1) is 5.92 Å². The van der Waals surface area contributed by atoms with Gasteiger partial charge < -0.3 is 21.5 Å². The van der Waals surface area contributed by atoms with Crippen LogP contribution < -0.4 is 16.4 Å². The molecule has 26 heavy (non-hydrogen) atoms. The molecule has 3 atom stereocenters. The van der Waals surface area contributed by atoms with Crippen molar-refractivity contribution in [2.45, 2.75) is 50.0 Å². The van der Waals surface area contributed by atoms with Gasteiger partial charge in [0, 0.05) is 11.5 Å². The van der Waals surface area contributed by atoms with Crippen LogP contribution in [-0.2, 0) is 11.8 Å². The predicted octanol–water partition coefficient (Wildman–Crippen LogP) is 4.06. The number of hydrogen-bond acceptors (Lipinski definition) is 4. The molecule has 1 saturated heterocycles. The van der Waals surface area contributed by atoms with E-state index in [1.165, 1.54) is 43.2 Å². The van der Waals surface area contributed by atoms with Crippen molar-refractivity contribution in [2.75, 3.05) is 17.6 Å². The number of aromatic hydroxyl groups is 1. The van der Waals surface area contributed by atoms with Gasteiger partial charge in [-0.15, -0.1) is 0 Å².